The molecule has 4 aromatic carbocycles. The number of aryl methyl sites for hydroxylation is 1. The molecule has 2 amide bonds. The Labute approximate surface area is 272 Å². The van der Waals surface area contributed by atoms with Crippen LogP contribution in [0.25, 0.3) is 11.1 Å². The second-order valence-corrected chi connectivity index (χ2v) is 12.1. The van der Waals surface area contributed by atoms with Crippen molar-refractivity contribution < 1.29 is 19.4 Å². The maximum absolute atomic E-state index is 12.4. The lowest BCUT2D eigenvalue weighted by molar-refractivity contribution is -0.245. The van der Waals surface area contributed by atoms with Gasteiger partial charge in [0.05, 0.1) is 18.8 Å². The van der Waals surface area contributed by atoms with Gasteiger partial charge in [0.2, 0.25) is 5.16 Å². The number of carbonyl (C=O) groups excluding carboxylic acids is 1. The Kier molecular flexibility index (Phi) is 10.4. The third-order valence-corrected chi connectivity index (χ3v) is 8.91. The Hall–Kier alpha value is -4.55. The summed E-state index contributed by atoms with van der Waals surface area (Å²) in [7, 11) is 1.82. The number of tetrazole rings is 1. The molecule has 6 rings (SSSR count). The van der Waals surface area contributed by atoms with E-state index in [1.165, 1.54) is 0 Å². The Bertz CT molecular complexity index is 1730. The molecule has 2 heterocycles. The Morgan fingerprint density at radius 3 is 2.30 bits per heavy atom. The van der Waals surface area contributed by atoms with Crippen LogP contribution in [0, 0.1) is 0 Å². The number of thioether (sulfide) groups is 1. The summed E-state index contributed by atoms with van der Waals surface area (Å²) in [5.74, 6) is 0.660. The first kappa shape index (κ1) is 31.4. The molecule has 3 atom stereocenters. The van der Waals surface area contributed by atoms with E-state index in [9.17, 15) is 9.90 Å². The number of aromatic nitrogens is 4. The van der Waals surface area contributed by atoms with Gasteiger partial charge in [-0.25, -0.2) is 9.48 Å². The van der Waals surface area contributed by atoms with Gasteiger partial charge in [-0.2, -0.15) is 0 Å². The van der Waals surface area contributed by atoms with E-state index < -0.39 is 6.29 Å². The zero-order valence-corrected chi connectivity index (χ0v) is 26.3. The van der Waals surface area contributed by atoms with E-state index in [1.54, 1.807) is 16.4 Å². The first-order valence-corrected chi connectivity index (χ1v) is 16.1. The zero-order chi connectivity index (χ0) is 31.7. The van der Waals surface area contributed by atoms with Crippen molar-refractivity contribution in [3.05, 3.63) is 131 Å². The van der Waals surface area contributed by atoms with Crippen molar-refractivity contribution in [2.75, 3.05) is 5.75 Å². The molecule has 5 aromatic rings. The van der Waals surface area contributed by atoms with Gasteiger partial charge in [0.15, 0.2) is 6.29 Å². The van der Waals surface area contributed by atoms with Crippen LogP contribution in [-0.2, 0) is 36.2 Å². The number of hydrogen-bond donors (Lipinski definition) is 3. The summed E-state index contributed by atoms with van der Waals surface area (Å²) in [6.45, 7) is 0.866. The molecule has 46 heavy (non-hydrogen) atoms. The van der Waals surface area contributed by atoms with Crippen LogP contribution in [0.1, 0.15) is 46.6 Å². The van der Waals surface area contributed by atoms with E-state index >= 15 is 0 Å². The summed E-state index contributed by atoms with van der Waals surface area (Å²) in [5, 5.41) is 27.9. The highest BCUT2D eigenvalue weighted by molar-refractivity contribution is 7.99. The van der Waals surface area contributed by atoms with Crippen molar-refractivity contribution in [2.24, 2.45) is 7.05 Å². The van der Waals surface area contributed by atoms with Gasteiger partial charge >= 0.3 is 6.03 Å². The SMILES string of the molecule is Cn1nnnc1SCC1CC(c2ccc(CO)cc2)OC(c2cccc(-c3cccc(CNC(=O)NCc4ccccc4)c3)c2)O1. The number of rotatable bonds is 11. The van der Waals surface area contributed by atoms with Crippen LogP contribution < -0.4 is 10.6 Å². The lowest BCUT2D eigenvalue weighted by Crippen LogP contribution is -2.34. The predicted molar refractivity (Wildman–Crippen MR) is 175 cm³/mol. The molecule has 3 unspecified atom stereocenters. The number of nitrogens with one attached hydrogen (secondary N) is 2. The van der Waals surface area contributed by atoms with E-state index in [0.29, 0.717) is 25.3 Å². The van der Waals surface area contributed by atoms with Crippen molar-refractivity contribution in [3.8, 4) is 11.1 Å². The van der Waals surface area contributed by atoms with E-state index in [2.05, 4.69) is 50.4 Å². The number of aliphatic hydroxyl groups excluding tert-OH is 1. The molecular weight excluding hydrogens is 600 g/mol. The first-order valence-electron chi connectivity index (χ1n) is 15.1. The minimum absolute atomic E-state index is 0.00590. The molecule has 0 spiro atoms. The molecular formula is C35H36N6O4S. The Balaban J connectivity index is 1.15. The van der Waals surface area contributed by atoms with Crippen molar-refractivity contribution in [1.82, 2.24) is 30.8 Å². The number of aliphatic hydroxyl groups is 1. The molecule has 1 aliphatic heterocycles. The van der Waals surface area contributed by atoms with Crippen molar-refractivity contribution >= 4 is 17.8 Å². The average Bonchev–Trinajstić information content (AvgIpc) is 3.53. The highest BCUT2D eigenvalue weighted by Crippen LogP contribution is 2.40. The molecule has 3 N–H and O–H groups in total. The van der Waals surface area contributed by atoms with Gasteiger partial charge in [-0.15, -0.1) is 5.10 Å². The van der Waals surface area contributed by atoms with Gasteiger partial charge in [-0.3, -0.25) is 0 Å². The van der Waals surface area contributed by atoms with Crippen LogP contribution in [-0.4, -0.2) is 43.2 Å². The van der Waals surface area contributed by atoms with E-state index in [4.69, 9.17) is 9.47 Å². The topological polar surface area (TPSA) is 123 Å². The van der Waals surface area contributed by atoms with Gasteiger partial charge < -0.3 is 25.2 Å². The second kappa shape index (κ2) is 15.2. The number of hydrogen-bond acceptors (Lipinski definition) is 8. The molecule has 1 saturated heterocycles. The van der Waals surface area contributed by atoms with Crippen LogP contribution in [0.15, 0.2) is 108 Å². The monoisotopic (exact) mass is 636 g/mol. The van der Waals surface area contributed by atoms with Gasteiger partial charge in [-0.05, 0) is 55.9 Å². The fourth-order valence-corrected chi connectivity index (χ4v) is 6.15. The maximum Gasteiger partial charge on any atom is 0.315 e. The predicted octanol–water partition coefficient (Wildman–Crippen LogP) is 5.71. The largest absolute Gasteiger partial charge is 0.392 e. The lowest BCUT2D eigenvalue weighted by Gasteiger charge is -2.36. The number of benzene rings is 4. The van der Waals surface area contributed by atoms with Gasteiger partial charge in [-0.1, -0.05) is 103 Å². The fourth-order valence-electron chi connectivity index (χ4n) is 5.28. The highest BCUT2D eigenvalue weighted by Gasteiger charge is 2.32. The molecule has 0 radical (unpaired) electrons. The van der Waals surface area contributed by atoms with Crippen molar-refractivity contribution in [2.45, 2.75) is 49.8 Å². The average molecular weight is 637 g/mol. The highest BCUT2D eigenvalue weighted by atomic mass is 32.2. The third kappa shape index (κ3) is 8.18. The van der Waals surface area contributed by atoms with Gasteiger partial charge in [0.25, 0.3) is 0 Å². The normalized spacial score (nSPS) is 17.8. The summed E-state index contributed by atoms with van der Waals surface area (Å²) in [4.78, 5) is 12.4. The van der Waals surface area contributed by atoms with Crippen LogP contribution in [0.5, 0.6) is 0 Å². The summed E-state index contributed by atoms with van der Waals surface area (Å²) < 4.78 is 14.7. The molecule has 236 valence electrons. The number of carbonyl (C=O) groups is 1. The van der Waals surface area contributed by atoms with E-state index in [0.717, 1.165) is 44.1 Å². The fraction of sp³-hybridized carbons (Fsp3) is 0.257. The quantitative estimate of drug-likeness (QED) is 0.158. The number of urea groups is 1. The summed E-state index contributed by atoms with van der Waals surface area (Å²) in [6.07, 6.45) is -0.228. The molecule has 0 bridgehead atoms. The number of nitrogens with zero attached hydrogens (tertiary/aromatic N) is 4. The summed E-state index contributed by atoms with van der Waals surface area (Å²) in [6, 6.07) is 33.8. The molecule has 1 fully saturated rings. The van der Waals surface area contributed by atoms with Crippen LogP contribution in [0.2, 0.25) is 0 Å². The molecule has 0 aliphatic carbocycles. The second-order valence-electron chi connectivity index (χ2n) is 11.1. The molecule has 1 aliphatic rings. The molecule has 0 saturated carbocycles. The summed E-state index contributed by atoms with van der Waals surface area (Å²) >= 11 is 1.55. The van der Waals surface area contributed by atoms with E-state index in [-0.39, 0.29) is 24.8 Å². The zero-order valence-electron chi connectivity index (χ0n) is 25.5. The van der Waals surface area contributed by atoms with Crippen LogP contribution in [0.4, 0.5) is 4.79 Å². The van der Waals surface area contributed by atoms with Crippen molar-refractivity contribution in [3.63, 3.8) is 0 Å². The molecule has 1 aromatic heterocycles. The minimum atomic E-state index is -0.586. The summed E-state index contributed by atoms with van der Waals surface area (Å²) in [5.41, 5.74) is 6.88. The number of ether oxygens (including phenoxy) is 2. The molecule has 10 nitrogen and oxygen atoms in total. The van der Waals surface area contributed by atoms with Crippen LogP contribution >= 0.6 is 11.8 Å². The third-order valence-electron chi connectivity index (χ3n) is 7.76. The minimum Gasteiger partial charge on any atom is -0.392 e. The lowest BCUT2D eigenvalue weighted by atomic mass is 9.99. The maximum atomic E-state index is 12.4. The Morgan fingerprint density at radius 1 is 0.848 bits per heavy atom. The van der Waals surface area contributed by atoms with Crippen molar-refractivity contribution in [1.29, 1.82) is 0 Å². The first-order chi connectivity index (χ1) is 22.5. The van der Waals surface area contributed by atoms with E-state index in [1.807, 2.05) is 85.9 Å². The number of amides is 2. The Morgan fingerprint density at radius 2 is 1.57 bits per heavy atom. The van der Waals surface area contributed by atoms with Gasteiger partial charge in [0, 0.05) is 37.9 Å². The smallest absolute Gasteiger partial charge is 0.315 e. The standard InChI is InChI=1S/C35H36N6O4S/c1-41-35(38-39-40-41)46-23-31-19-32(27-15-13-25(22-42)14-16-27)45-33(44-31)30-12-6-11-29(18-30)28-10-5-9-26(17-28)21-37-34(43)36-20-24-7-3-2-4-8-24/h2-18,31-33,42H,19-23H2,1H3,(H2,36,37,43). The molecule has 11 heteroatoms. The van der Waals surface area contributed by atoms with Gasteiger partial charge in [0.1, 0.15) is 0 Å². The van der Waals surface area contributed by atoms with Crippen LogP contribution in [0.3, 0.4) is 0 Å².